The fourth-order valence-electron chi connectivity index (χ4n) is 1.38. The fraction of sp³-hybridized carbons (Fsp3) is 1.00. The zero-order valence-corrected chi connectivity index (χ0v) is 7.53. The summed E-state index contributed by atoms with van der Waals surface area (Å²) in [6.07, 6.45) is -0.110. The van der Waals surface area contributed by atoms with Gasteiger partial charge < -0.3 is 18.9 Å². The molecule has 2 rings (SSSR count). The minimum Gasteiger partial charge on any atom is -0.375 e. The molecule has 0 aromatic heterocycles. The zero-order valence-electron chi connectivity index (χ0n) is 7.53. The summed E-state index contributed by atoms with van der Waals surface area (Å²) in [6, 6.07) is 0. The van der Waals surface area contributed by atoms with Crippen LogP contribution in [0, 0.1) is 0 Å². The number of ether oxygens (including phenoxy) is 4. The van der Waals surface area contributed by atoms with Gasteiger partial charge in [0.15, 0.2) is 0 Å². The molecule has 2 heterocycles. The van der Waals surface area contributed by atoms with E-state index in [1.54, 1.807) is 0 Å². The molecule has 5 nitrogen and oxygen atoms in total. The summed E-state index contributed by atoms with van der Waals surface area (Å²) >= 11 is 0. The molecule has 2 unspecified atom stereocenters. The van der Waals surface area contributed by atoms with Gasteiger partial charge in [0.2, 0.25) is 0 Å². The summed E-state index contributed by atoms with van der Waals surface area (Å²) in [6.45, 7) is 3.82. The summed E-state index contributed by atoms with van der Waals surface area (Å²) in [5.41, 5.74) is 0. The molecule has 76 valence electrons. The molecule has 2 fully saturated rings. The Labute approximate surface area is 77.3 Å². The van der Waals surface area contributed by atoms with Crippen LogP contribution in [-0.2, 0) is 18.9 Å². The number of hydrogen-bond donors (Lipinski definition) is 1. The fourth-order valence-corrected chi connectivity index (χ4v) is 1.38. The summed E-state index contributed by atoms with van der Waals surface area (Å²) in [5.74, 6) is 0. The highest BCUT2D eigenvalue weighted by atomic mass is 16.6. The van der Waals surface area contributed by atoms with Crippen molar-refractivity contribution in [2.45, 2.75) is 12.5 Å². The van der Waals surface area contributed by atoms with Crippen LogP contribution in [0.4, 0.5) is 0 Å². The average molecular weight is 189 g/mol. The SMILES string of the molecule is C1COC(NC2COCCO2)CO1. The molecular weight excluding hydrogens is 174 g/mol. The van der Waals surface area contributed by atoms with Crippen molar-refractivity contribution >= 4 is 0 Å². The van der Waals surface area contributed by atoms with E-state index >= 15 is 0 Å². The first-order valence-corrected chi connectivity index (χ1v) is 4.60. The highest BCUT2D eigenvalue weighted by molar-refractivity contribution is 4.64. The molecule has 5 heteroatoms. The second kappa shape index (κ2) is 4.88. The van der Waals surface area contributed by atoms with Gasteiger partial charge in [-0.1, -0.05) is 0 Å². The Kier molecular flexibility index (Phi) is 3.51. The molecule has 2 aliphatic rings. The number of nitrogens with one attached hydrogen (secondary N) is 1. The second-order valence-electron chi connectivity index (χ2n) is 3.04. The topological polar surface area (TPSA) is 49.0 Å². The molecule has 0 aromatic rings. The van der Waals surface area contributed by atoms with Crippen LogP contribution in [0.2, 0.25) is 0 Å². The van der Waals surface area contributed by atoms with E-state index in [0.29, 0.717) is 39.6 Å². The van der Waals surface area contributed by atoms with Crippen LogP contribution < -0.4 is 5.32 Å². The third kappa shape index (κ3) is 2.89. The maximum absolute atomic E-state index is 5.41. The minimum absolute atomic E-state index is 0.0551. The van der Waals surface area contributed by atoms with E-state index in [1.807, 2.05) is 0 Å². The van der Waals surface area contributed by atoms with Crippen molar-refractivity contribution in [2.24, 2.45) is 0 Å². The van der Waals surface area contributed by atoms with Crippen LogP contribution in [-0.4, -0.2) is 52.1 Å². The molecule has 2 saturated heterocycles. The van der Waals surface area contributed by atoms with Gasteiger partial charge in [-0.25, -0.2) is 0 Å². The molecule has 0 saturated carbocycles. The predicted molar refractivity (Wildman–Crippen MR) is 44.3 cm³/mol. The molecule has 1 N–H and O–H groups in total. The first-order valence-electron chi connectivity index (χ1n) is 4.60. The lowest BCUT2D eigenvalue weighted by Gasteiger charge is -2.30. The molecule has 0 amide bonds. The molecule has 2 atom stereocenters. The van der Waals surface area contributed by atoms with Crippen LogP contribution in [0.3, 0.4) is 0 Å². The lowest BCUT2D eigenvalue weighted by molar-refractivity contribution is -0.156. The molecular formula is C8H15NO4. The summed E-state index contributed by atoms with van der Waals surface area (Å²) < 4.78 is 21.3. The van der Waals surface area contributed by atoms with Gasteiger partial charge in [-0.3, -0.25) is 5.32 Å². The van der Waals surface area contributed by atoms with Crippen LogP contribution in [0.25, 0.3) is 0 Å². The summed E-state index contributed by atoms with van der Waals surface area (Å²) in [5, 5.41) is 3.16. The quantitative estimate of drug-likeness (QED) is 0.624. The van der Waals surface area contributed by atoms with Gasteiger partial charge in [-0.15, -0.1) is 0 Å². The highest BCUT2D eigenvalue weighted by Crippen LogP contribution is 2.02. The largest absolute Gasteiger partial charge is 0.375 e. The van der Waals surface area contributed by atoms with Crippen molar-refractivity contribution in [1.82, 2.24) is 5.32 Å². The molecule has 0 aromatic carbocycles. The Morgan fingerprint density at radius 3 is 1.69 bits per heavy atom. The molecule has 0 bridgehead atoms. The van der Waals surface area contributed by atoms with E-state index in [4.69, 9.17) is 18.9 Å². The van der Waals surface area contributed by atoms with E-state index in [0.717, 1.165) is 0 Å². The normalized spacial score (nSPS) is 36.0. The highest BCUT2D eigenvalue weighted by Gasteiger charge is 2.21. The van der Waals surface area contributed by atoms with Gasteiger partial charge in [0.05, 0.1) is 39.6 Å². The van der Waals surface area contributed by atoms with Crippen molar-refractivity contribution in [1.29, 1.82) is 0 Å². The van der Waals surface area contributed by atoms with Crippen LogP contribution in [0.1, 0.15) is 0 Å². The van der Waals surface area contributed by atoms with Crippen molar-refractivity contribution in [2.75, 3.05) is 39.6 Å². The smallest absolute Gasteiger partial charge is 0.133 e. The van der Waals surface area contributed by atoms with E-state index in [2.05, 4.69) is 5.32 Å². The maximum Gasteiger partial charge on any atom is 0.133 e. The van der Waals surface area contributed by atoms with Crippen LogP contribution >= 0.6 is 0 Å². The van der Waals surface area contributed by atoms with Gasteiger partial charge in [0.25, 0.3) is 0 Å². The van der Waals surface area contributed by atoms with Crippen molar-refractivity contribution in [3.63, 3.8) is 0 Å². The van der Waals surface area contributed by atoms with E-state index in [-0.39, 0.29) is 12.5 Å². The van der Waals surface area contributed by atoms with Gasteiger partial charge in [0, 0.05) is 0 Å². The van der Waals surface area contributed by atoms with Gasteiger partial charge in [-0.2, -0.15) is 0 Å². The summed E-state index contributed by atoms with van der Waals surface area (Å²) in [4.78, 5) is 0. The number of hydrogen-bond acceptors (Lipinski definition) is 5. The van der Waals surface area contributed by atoms with E-state index in [1.165, 1.54) is 0 Å². The molecule has 0 radical (unpaired) electrons. The third-order valence-corrected chi connectivity index (χ3v) is 2.00. The van der Waals surface area contributed by atoms with Crippen molar-refractivity contribution in [3.05, 3.63) is 0 Å². The number of rotatable bonds is 2. The Bertz CT molecular complexity index is 127. The lowest BCUT2D eigenvalue weighted by Crippen LogP contribution is -2.50. The molecule has 2 aliphatic heterocycles. The minimum atomic E-state index is -0.0551. The Morgan fingerprint density at radius 2 is 1.31 bits per heavy atom. The Balaban J connectivity index is 1.69. The van der Waals surface area contributed by atoms with Crippen LogP contribution in [0.5, 0.6) is 0 Å². The Hall–Kier alpha value is -0.200. The lowest BCUT2D eigenvalue weighted by atomic mass is 10.4. The van der Waals surface area contributed by atoms with E-state index < -0.39 is 0 Å². The standard InChI is InChI=1S/C8H15NO4/c1-3-12-7(5-10-1)9-8-6-11-2-4-13-8/h7-9H,1-6H2. The Morgan fingerprint density at radius 1 is 0.769 bits per heavy atom. The molecule has 13 heavy (non-hydrogen) atoms. The van der Waals surface area contributed by atoms with Crippen LogP contribution in [0.15, 0.2) is 0 Å². The maximum atomic E-state index is 5.41. The average Bonchev–Trinajstić information content (AvgIpc) is 2.21. The molecule has 0 spiro atoms. The van der Waals surface area contributed by atoms with Crippen molar-refractivity contribution in [3.8, 4) is 0 Å². The van der Waals surface area contributed by atoms with Crippen molar-refractivity contribution < 1.29 is 18.9 Å². The van der Waals surface area contributed by atoms with Gasteiger partial charge >= 0.3 is 0 Å². The first-order chi connectivity index (χ1) is 6.45. The van der Waals surface area contributed by atoms with E-state index in [9.17, 15) is 0 Å². The third-order valence-electron chi connectivity index (χ3n) is 2.00. The second-order valence-corrected chi connectivity index (χ2v) is 3.04. The predicted octanol–water partition coefficient (Wildman–Crippen LogP) is -0.678. The zero-order chi connectivity index (χ0) is 8.93. The van der Waals surface area contributed by atoms with Gasteiger partial charge in [-0.05, 0) is 0 Å². The molecule has 0 aliphatic carbocycles. The van der Waals surface area contributed by atoms with Gasteiger partial charge in [0.1, 0.15) is 12.5 Å². The monoisotopic (exact) mass is 189 g/mol. The first kappa shape index (κ1) is 9.36. The summed E-state index contributed by atoms with van der Waals surface area (Å²) in [7, 11) is 0.